The minimum atomic E-state index is -0.461. The van der Waals surface area contributed by atoms with Crippen molar-refractivity contribution in [3.8, 4) is 0 Å². The highest BCUT2D eigenvalue weighted by Crippen LogP contribution is 2.43. The lowest BCUT2D eigenvalue weighted by Gasteiger charge is -2.36. The van der Waals surface area contributed by atoms with Crippen LogP contribution in [0.2, 0.25) is 0 Å². The summed E-state index contributed by atoms with van der Waals surface area (Å²) < 4.78 is 5.19. The Morgan fingerprint density at radius 2 is 2.00 bits per heavy atom. The maximum absolute atomic E-state index is 12.6. The molecule has 1 aliphatic heterocycles. The Hall–Kier alpha value is -0.650. The molecule has 2 unspecified atom stereocenters. The number of hydrogen-bond donors (Lipinski definition) is 1. The first-order valence-electron chi connectivity index (χ1n) is 8.30. The largest absolute Gasteiger partial charge is 0.468 e. The third-order valence-corrected chi connectivity index (χ3v) is 5.31. The summed E-state index contributed by atoms with van der Waals surface area (Å²) in [5, 5.41) is 3.66. The minimum absolute atomic E-state index is 0.0507. The van der Waals surface area contributed by atoms with Gasteiger partial charge in [-0.25, -0.2) is 4.79 Å². The van der Waals surface area contributed by atoms with Gasteiger partial charge in [0.15, 0.2) is 0 Å². The van der Waals surface area contributed by atoms with Crippen LogP contribution in [0.1, 0.15) is 32.1 Å². The number of esters is 1. The molecule has 3 fully saturated rings. The van der Waals surface area contributed by atoms with Crippen molar-refractivity contribution in [3.63, 3.8) is 0 Å². The van der Waals surface area contributed by atoms with E-state index in [1.165, 1.54) is 26.4 Å². The Labute approximate surface area is 128 Å². The summed E-state index contributed by atoms with van der Waals surface area (Å²) in [5.74, 6) is 0.411. The molecule has 2 atom stereocenters. The molecule has 21 heavy (non-hydrogen) atoms. The van der Waals surface area contributed by atoms with E-state index in [-0.39, 0.29) is 5.97 Å². The minimum Gasteiger partial charge on any atom is -0.468 e. The van der Waals surface area contributed by atoms with Crippen molar-refractivity contribution in [3.05, 3.63) is 0 Å². The Morgan fingerprint density at radius 1 is 1.29 bits per heavy atom. The molecule has 2 saturated carbocycles. The van der Waals surface area contributed by atoms with Crippen molar-refractivity contribution < 1.29 is 9.53 Å². The zero-order valence-electron chi connectivity index (χ0n) is 13.6. The zero-order chi connectivity index (χ0) is 15.0. The number of ether oxygens (including phenoxy) is 1. The fourth-order valence-electron chi connectivity index (χ4n) is 3.66. The molecule has 3 rings (SSSR count). The average Bonchev–Trinajstić information content (AvgIpc) is 3.37. The van der Waals surface area contributed by atoms with Gasteiger partial charge in [0.1, 0.15) is 5.54 Å². The molecule has 5 heteroatoms. The van der Waals surface area contributed by atoms with Gasteiger partial charge in [-0.2, -0.15) is 0 Å². The lowest BCUT2D eigenvalue weighted by Crippen LogP contribution is -2.61. The second-order valence-electron chi connectivity index (χ2n) is 7.30. The van der Waals surface area contributed by atoms with Gasteiger partial charge in [0.2, 0.25) is 0 Å². The predicted octanol–water partition coefficient (Wildman–Crippen LogP) is 0.696. The summed E-state index contributed by atoms with van der Waals surface area (Å²) in [6.07, 6.45) is 5.90. The Bertz CT molecular complexity index is 393. The molecule has 1 heterocycles. The van der Waals surface area contributed by atoms with Crippen LogP contribution < -0.4 is 5.32 Å². The first-order chi connectivity index (χ1) is 10.0. The summed E-state index contributed by atoms with van der Waals surface area (Å²) >= 11 is 0. The maximum atomic E-state index is 12.6. The van der Waals surface area contributed by atoms with Gasteiger partial charge in [-0.05, 0) is 58.7 Å². The van der Waals surface area contributed by atoms with Crippen LogP contribution in [-0.2, 0) is 9.53 Å². The molecule has 0 aromatic rings. The van der Waals surface area contributed by atoms with Crippen molar-refractivity contribution in [2.24, 2.45) is 5.92 Å². The van der Waals surface area contributed by atoms with E-state index in [1.807, 2.05) is 0 Å². The van der Waals surface area contributed by atoms with E-state index in [1.54, 1.807) is 0 Å². The molecule has 1 saturated heterocycles. The second kappa shape index (κ2) is 5.86. The molecule has 0 radical (unpaired) electrons. The Balaban J connectivity index is 1.71. The van der Waals surface area contributed by atoms with E-state index in [9.17, 15) is 4.79 Å². The topological polar surface area (TPSA) is 44.8 Å². The van der Waals surface area contributed by atoms with Crippen molar-refractivity contribution >= 4 is 5.97 Å². The van der Waals surface area contributed by atoms with Crippen molar-refractivity contribution in [1.82, 2.24) is 15.1 Å². The van der Waals surface area contributed by atoms with Crippen LogP contribution in [0.5, 0.6) is 0 Å². The summed E-state index contributed by atoms with van der Waals surface area (Å²) in [7, 11) is 5.82. The first-order valence-corrected chi connectivity index (χ1v) is 8.30. The lowest BCUT2D eigenvalue weighted by atomic mass is 9.92. The van der Waals surface area contributed by atoms with Crippen LogP contribution in [-0.4, -0.2) is 74.2 Å². The summed E-state index contributed by atoms with van der Waals surface area (Å²) in [6, 6.07) is 1.14. The highest BCUT2D eigenvalue weighted by molar-refractivity contribution is 5.82. The molecular formula is C16H29N3O2. The van der Waals surface area contributed by atoms with E-state index in [4.69, 9.17) is 4.74 Å². The molecule has 0 aromatic carbocycles. The Kier molecular flexibility index (Phi) is 4.26. The van der Waals surface area contributed by atoms with Gasteiger partial charge in [0.25, 0.3) is 0 Å². The number of nitrogens with zero attached hydrogens (tertiary/aromatic N) is 2. The number of hydrogen-bond acceptors (Lipinski definition) is 5. The normalized spacial score (nSPS) is 29.6. The summed E-state index contributed by atoms with van der Waals surface area (Å²) in [4.78, 5) is 17.3. The Morgan fingerprint density at radius 3 is 2.48 bits per heavy atom. The number of likely N-dealkylation sites (N-methyl/N-ethyl adjacent to an activating group) is 1. The van der Waals surface area contributed by atoms with E-state index in [0.717, 1.165) is 32.5 Å². The fraction of sp³-hybridized carbons (Fsp3) is 0.938. The molecule has 0 spiro atoms. The molecule has 120 valence electrons. The number of carbonyl (C=O) groups is 1. The molecule has 2 aliphatic carbocycles. The van der Waals surface area contributed by atoms with Gasteiger partial charge in [0, 0.05) is 25.2 Å². The van der Waals surface area contributed by atoms with E-state index in [0.29, 0.717) is 18.0 Å². The summed E-state index contributed by atoms with van der Waals surface area (Å²) in [5.41, 5.74) is -0.461. The second-order valence-corrected chi connectivity index (χ2v) is 7.30. The van der Waals surface area contributed by atoms with Crippen molar-refractivity contribution in [2.45, 2.75) is 49.7 Å². The van der Waals surface area contributed by atoms with Gasteiger partial charge in [-0.3, -0.25) is 10.2 Å². The number of nitrogens with one attached hydrogen (secondary N) is 1. The highest BCUT2D eigenvalue weighted by atomic mass is 16.5. The van der Waals surface area contributed by atoms with Crippen molar-refractivity contribution in [2.75, 3.05) is 40.8 Å². The molecule has 5 nitrogen and oxygen atoms in total. The SMILES string of the molecule is COC(=O)C(CN1CCC(N(C)C)C1)(NC1CC1)C1CC1. The van der Waals surface area contributed by atoms with Crippen LogP contribution in [0, 0.1) is 5.92 Å². The standard InChI is InChI=1S/C16H29N3O2/c1-18(2)14-8-9-19(10-14)11-16(12-4-5-12,15(20)21-3)17-13-6-7-13/h12-14,17H,4-11H2,1-3H3. The molecular weight excluding hydrogens is 266 g/mol. The lowest BCUT2D eigenvalue weighted by molar-refractivity contribution is -0.150. The smallest absolute Gasteiger partial charge is 0.327 e. The molecule has 0 amide bonds. The van der Waals surface area contributed by atoms with E-state index >= 15 is 0 Å². The molecule has 1 N–H and O–H groups in total. The third kappa shape index (κ3) is 3.25. The van der Waals surface area contributed by atoms with Crippen LogP contribution in [0.15, 0.2) is 0 Å². The number of rotatable bonds is 7. The van der Waals surface area contributed by atoms with Crippen LogP contribution >= 0.6 is 0 Å². The fourth-order valence-corrected chi connectivity index (χ4v) is 3.66. The van der Waals surface area contributed by atoms with E-state index < -0.39 is 5.54 Å². The quantitative estimate of drug-likeness (QED) is 0.700. The predicted molar refractivity (Wildman–Crippen MR) is 82.2 cm³/mol. The molecule has 0 bridgehead atoms. The molecule has 3 aliphatic rings. The van der Waals surface area contributed by atoms with Crippen LogP contribution in [0.3, 0.4) is 0 Å². The van der Waals surface area contributed by atoms with Crippen LogP contribution in [0.4, 0.5) is 0 Å². The zero-order valence-corrected chi connectivity index (χ0v) is 13.6. The van der Waals surface area contributed by atoms with Gasteiger partial charge in [-0.15, -0.1) is 0 Å². The van der Waals surface area contributed by atoms with Crippen LogP contribution in [0.25, 0.3) is 0 Å². The van der Waals surface area contributed by atoms with E-state index in [2.05, 4.69) is 29.2 Å². The number of methoxy groups -OCH3 is 1. The third-order valence-electron chi connectivity index (χ3n) is 5.31. The summed E-state index contributed by atoms with van der Waals surface area (Å²) in [6.45, 7) is 2.96. The van der Waals surface area contributed by atoms with Gasteiger partial charge < -0.3 is 9.64 Å². The van der Waals surface area contributed by atoms with Crippen molar-refractivity contribution in [1.29, 1.82) is 0 Å². The maximum Gasteiger partial charge on any atom is 0.327 e. The van der Waals surface area contributed by atoms with Gasteiger partial charge in [0.05, 0.1) is 7.11 Å². The molecule has 0 aromatic heterocycles. The highest BCUT2D eigenvalue weighted by Gasteiger charge is 2.54. The first kappa shape index (κ1) is 15.3. The number of carbonyl (C=O) groups excluding carboxylic acids is 1. The van der Waals surface area contributed by atoms with Gasteiger partial charge in [-0.1, -0.05) is 0 Å². The average molecular weight is 295 g/mol. The van der Waals surface area contributed by atoms with Gasteiger partial charge >= 0.3 is 5.97 Å². The monoisotopic (exact) mass is 295 g/mol. The number of likely N-dealkylation sites (tertiary alicyclic amines) is 1.